The molecule has 0 saturated heterocycles. The summed E-state index contributed by atoms with van der Waals surface area (Å²) in [6.07, 6.45) is -4.68. The van der Waals surface area contributed by atoms with Gasteiger partial charge in [0.2, 0.25) is 5.82 Å². The van der Waals surface area contributed by atoms with Gasteiger partial charge >= 0.3 is 6.18 Å². The van der Waals surface area contributed by atoms with Crippen molar-refractivity contribution in [3.05, 3.63) is 60.2 Å². The molecule has 0 atom stereocenters. The van der Waals surface area contributed by atoms with Crippen LogP contribution in [0.15, 0.2) is 48.5 Å². The second-order valence-electron chi connectivity index (χ2n) is 6.52. The first-order chi connectivity index (χ1) is 14.8. The molecule has 0 radical (unpaired) electrons. The second-order valence-corrected chi connectivity index (χ2v) is 6.52. The van der Waals surface area contributed by atoms with E-state index in [0.717, 1.165) is 4.57 Å². The fourth-order valence-corrected chi connectivity index (χ4v) is 2.92. The minimum absolute atomic E-state index is 0.0141. The van der Waals surface area contributed by atoms with Crippen LogP contribution in [-0.4, -0.2) is 26.6 Å². The number of alkyl halides is 3. The zero-order valence-corrected chi connectivity index (χ0v) is 16.3. The topological polar surface area (TPSA) is 76.9 Å². The van der Waals surface area contributed by atoms with E-state index in [1.807, 2.05) is 0 Å². The number of hydrogen-bond acceptors (Lipinski definition) is 6. The van der Waals surface area contributed by atoms with Crippen LogP contribution in [0.5, 0.6) is 5.75 Å². The maximum absolute atomic E-state index is 14.1. The van der Waals surface area contributed by atoms with Crippen LogP contribution < -0.4 is 15.4 Å². The predicted molar refractivity (Wildman–Crippen MR) is 107 cm³/mol. The Labute approximate surface area is 173 Å². The number of halogens is 4. The van der Waals surface area contributed by atoms with E-state index in [4.69, 9.17) is 4.74 Å². The van der Waals surface area contributed by atoms with Gasteiger partial charge in [-0.1, -0.05) is 12.1 Å². The summed E-state index contributed by atoms with van der Waals surface area (Å²) in [5.74, 6) is -0.964. The summed E-state index contributed by atoms with van der Waals surface area (Å²) in [5.41, 5.74) is 0.349. The first-order valence-electron chi connectivity index (χ1n) is 9.00. The molecule has 2 heterocycles. The predicted octanol–water partition coefficient (Wildman–Crippen LogP) is 5.02. The molecule has 2 aromatic carbocycles. The zero-order chi connectivity index (χ0) is 22.2. The summed E-state index contributed by atoms with van der Waals surface area (Å²) in [6, 6.07) is 12.6. The van der Waals surface area contributed by atoms with Crippen molar-refractivity contribution >= 4 is 34.3 Å². The molecule has 0 bridgehead atoms. The molecule has 11 heteroatoms. The fraction of sp³-hybridized carbons (Fsp3) is 0.150. The van der Waals surface area contributed by atoms with E-state index in [-0.39, 0.29) is 28.6 Å². The molecule has 0 amide bonds. The van der Waals surface area contributed by atoms with Gasteiger partial charge in [0.1, 0.15) is 11.6 Å². The molecule has 160 valence electrons. The van der Waals surface area contributed by atoms with E-state index < -0.39 is 17.8 Å². The Balaban J connectivity index is 1.83. The standard InChI is InChI=1S/C20H16F4N6O/c1-30-18-17(29-19(30)20(22,23)24)27-16(26-14-6-4-3-5-13(14)21)15(28-18)25-11-7-9-12(31-2)10-8-11/h3-10H,1-2H3,(H,25,28)(H,26,27). The molecule has 0 saturated carbocycles. The Morgan fingerprint density at radius 3 is 2.23 bits per heavy atom. The molecule has 2 N–H and O–H groups in total. The number of fused-ring (bicyclic) bond motifs is 1. The van der Waals surface area contributed by atoms with Crippen molar-refractivity contribution in [2.45, 2.75) is 6.18 Å². The van der Waals surface area contributed by atoms with Gasteiger partial charge in [-0.15, -0.1) is 0 Å². The number of hydrogen-bond donors (Lipinski definition) is 2. The van der Waals surface area contributed by atoms with E-state index >= 15 is 0 Å². The number of anilines is 4. The third-order valence-corrected chi connectivity index (χ3v) is 4.44. The Hall–Kier alpha value is -3.89. The highest BCUT2D eigenvalue weighted by Crippen LogP contribution is 2.33. The van der Waals surface area contributed by atoms with Crippen molar-refractivity contribution < 1.29 is 22.3 Å². The monoisotopic (exact) mass is 432 g/mol. The first-order valence-corrected chi connectivity index (χ1v) is 9.00. The van der Waals surface area contributed by atoms with Crippen molar-refractivity contribution in [3.8, 4) is 5.75 Å². The third kappa shape index (κ3) is 4.06. The molecule has 31 heavy (non-hydrogen) atoms. The summed E-state index contributed by atoms with van der Waals surface area (Å²) in [6.45, 7) is 0. The van der Waals surface area contributed by atoms with Crippen molar-refractivity contribution in [2.24, 2.45) is 7.05 Å². The maximum atomic E-state index is 14.1. The smallest absolute Gasteiger partial charge is 0.449 e. The molecule has 4 rings (SSSR count). The Kier molecular flexibility index (Phi) is 5.09. The Morgan fingerprint density at radius 2 is 1.58 bits per heavy atom. The van der Waals surface area contributed by atoms with Gasteiger partial charge in [0.25, 0.3) is 0 Å². The normalized spacial score (nSPS) is 11.5. The van der Waals surface area contributed by atoms with Gasteiger partial charge < -0.3 is 19.9 Å². The molecule has 0 aliphatic heterocycles. The van der Waals surface area contributed by atoms with Crippen LogP contribution in [-0.2, 0) is 13.2 Å². The van der Waals surface area contributed by atoms with E-state index in [9.17, 15) is 17.6 Å². The highest BCUT2D eigenvalue weighted by atomic mass is 19.4. The summed E-state index contributed by atoms with van der Waals surface area (Å²) in [7, 11) is 2.73. The lowest BCUT2D eigenvalue weighted by atomic mass is 10.3. The van der Waals surface area contributed by atoms with Gasteiger partial charge in [-0.3, -0.25) is 0 Å². The van der Waals surface area contributed by atoms with Gasteiger partial charge in [-0.05, 0) is 36.4 Å². The molecular formula is C20H16F4N6O. The fourth-order valence-electron chi connectivity index (χ4n) is 2.92. The number of ether oxygens (including phenoxy) is 1. The van der Waals surface area contributed by atoms with Crippen LogP contribution in [0.3, 0.4) is 0 Å². The molecule has 4 aromatic rings. The summed E-state index contributed by atoms with van der Waals surface area (Å²) in [4.78, 5) is 12.0. The average molecular weight is 432 g/mol. The molecule has 7 nitrogen and oxygen atoms in total. The first kappa shape index (κ1) is 20.4. The number of imidazole rings is 1. The molecular weight excluding hydrogens is 416 g/mol. The van der Waals surface area contributed by atoms with Gasteiger partial charge in [-0.25, -0.2) is 19.3 Å². The zero-order valence-electron chi connectivity index (χ0n) is 16.3. The van der Waals surface area contributed by atoms with Crippen molar-refractivity contribution in [2.75, 3.05) is 17.7 Å². The molecule has 0 spiro atoms. The summed E-state index contributed by atoms with van der Waals surface area (Å²) < 4.78 is 59.9. The van der Waals surface area contributed by atoms with E-state index in [0.29, 0.717) is 11.4 Å². The number of benzene rings is 2. The van der Waals surface area contributed by atoms with E-state index in [2.05, 4.69) is 25.6 Å². The van der Waals surface area contributed by atoms with Crippen molar-refractivity contribution in [1.82, 2.24) is 19.5 Å². The van der Waals surface area contributed by atoms with Gasteiger partial charge in [0, 0.05) is 12.7 Å². The highest BCUT2D eigenvalue weighted by Gasteiger charge is 2.37. The van der Waals surface area contributed by atoms with E-state index in [1.54, 1.807) is 30.3 Å². The van der Waals surface area contributed by atoms with Gasteiger partial charge in [0.05, 0.1) is 12.8 Å². The largest absolute Gasteiger partial charge is 0.497 e. The maximum Gasteiger partial charge on any atom is 0.449 e. The van der Waals surface area contributed by atoms with E-state index in [1.165, 1.54) is 32.4 Å². The third-order valence-electron chi connectivity index (χ3n) is 4.44. The number of para-hydroxylation sites is 1. The Morgan fingerprint density at radius 1 is 0.903 bits per heavy atom. The van der Waals surface area contributed by atoms with Crippen molar-refractivity contribution in [3.63, 3.8) is 0 Å². The number of aryl methyl sites for hydroxylation is 1. The van der Waals surface area contributed by atoms with Gasteiger partial charge in [0.15, 0.2) is 22.9 Å². The quantitative estimate of drug-likeness (QED) is 0.432. The highest BCUT2D eigenvalue weighted by molar-refractivity contribution is 5.80. The molecule has 0 unspecified atom stereocenters. The molecule has 0 fully saturated rings. The number of rotatable bonds is 5. The minimum Gasteiger partial charge on any atom is -0.497 e. The lowest BCUT2D eigenvalue weighted by Gasteiger charge is -2.13. The summed E-state index contributed by atoms with van der Waals surface area (Å²) >= 11 is 0. The van der Waals surface area contributed by atoms with Gasteiger partial charge in [-0.2, -0.15) is 13.2 Å². The molecule has 2 aromatic heterocycles. The average Bonchev–Trinajstić information content (AvgIpc) is 3.06. The minimum atomic E-state index is -4.68. The molecule has 0 aliphatic rings. The van der Waals surface area contributed by atoms with Crippen molar-refractivity contribution in [1.29, 1.82) is 0 Å². The van der Waals surface area contributed by atoms with Crippen LogP contribution in [0, 0.1) is 5.82 Å². The Bertz CT molecular complexity index is 1240. The lowest BCUT2D eigenvalue weighted by Crippen LogP contribution is -2.12. The van der Waals surface area contributed by atoms with Crippen LogP contribution in [0.25, 0.3) is 11.3 Å². The number of methoxy groups -OCH3 is 1. The second kappa shape index (κ2) is 7.74. The SMILES string of the molecule is COc1ccc(Nc2nc3c(nc2Nc2ccccc2F)nc(C(F)(F)F)n3C)cc1. The molecule has 0 aliphatic carbocycles. The lowest BCUT2D eigenvalue weighted by molar-refractivity contribution is -0.146. The van der Waals surface area contributed by atoms with Crippen LogP contribution in [0.4, 0.5) is 40.6 Å². The van der Waals surface area contributed by atoms with Crippen LogP contribution in [0.1, 0.15) is 5.82 Å². The van der Waals surface area contributed by atoms with Crippen LogP contribution >= 0.6 is 0 Å². The number of nitrogens with one attached hydrogen (secondary N) is 2. The van der Waals surface area contributed by atoms with Crippen LogP contribution in [0.2, 0.25) is 0 Å². The number of aromatic nitrogens is 4. The number of nitrogens with zero attached hydrogens (tertiary/aromatic N) is 4. The summed E-state index contributed by atoms with van der Waals surface area (Å²) in [5, 5.41) is 5.77.